The number of hydrogen-bond acceptors (Lipinski definition) is 3. The molecule has 6 heteroatoms. The minimum atomic E-state index is -1.43. The fourth-order valence-corrected chi connectivity index (χ4v) is 2.99. The first-order valence-electron chi connectivity index (χ1n) is 6.30. The number of rotatable bonds is 4. The van der Waals surface area contributed by atoms with Crippen molar-refractivity contribution >= 4 is 39.7 Å². The maximum Gasteiger partial charge on any atom is 0.240 e. The fourth-order valence-electron chi connectivity index (χ4n) is 1.73. The summed E-state index contributed by atoms with van der Waals surface area (Å²) < 4.78 is 12.3. The summed E-state index contributed by atoms with van der Waals surface area (Å²) in [5.74, 6) is -0.369. The van der Waals surface area contributed by atoms with Gasteiger partial charge in [-0.15, -0.1) is 0 Å². The largest absolute Gasteiger partial charge is 0.397 e. The van der Waals surface area contributed by atoms with Crippen LogP contribution in [0.1, 0.15) is 6.92 Å². The van der Waals surface area contributed by atoms with E-state index in [2.05, 4.69) is 5.32 Å². The number of halogens is 1. The summed E-state index contributed by atoms with van der Waals surface area (Å²) in [7, 11) is -1.43. The Balaban J connectivity index is 2.13. The lowest BCUT2D eigenvalue weighted by Gasteiger charge is -2.13. The quantitative estimate of drug-likeness (QED) is 0.850. The molecule has 2 unspecified atom stereocenters. The predicted molar refractivity (Wildman–Crippen MR) is 86.8 cm³/mol. The molecule has 0 bridgehead atoms. The summed E-state index contributed by atoms with van der Waals surface area (Å²) in [5.41, 5.74) is 6.60. The third kappa shape index (κ3) is 3.83. The van der Waals surface area contributed by atoms with Gasteiger partial charge in [-0.1, -0.05) is 29.8 Å². The zero-order chi connectivity index (χ0) is 15.4. The molecule has 1 amide bonds. The van der Waals surface area contributed by atoms with Crippen LogP contribution < -0.4 is 11.1 Å². The lowest BCUT2D eigenvalue weighted by molar-refractivity contribution is -0.115. The molecule has 0 saturated heterocycles. The van der Waals surface area contributed by atoms with Gasteiger partial charge in [0, 0.05) is 9.92 Å². The van der Waals surface area contributed by atoms with Crippen molar-refractivity contribution in [1.29, 1.82) is 0 Å². The molecule has 3 N–H and O–H groups in total. The Bertz CT molecular complexity index is 677. The van der Waals surface area contributed by atoms with E-state index >= 15 is 0 Å². The van der Waals surface area contributed by atoms with E-state index in [-0.39, 0.29) is 5.91 Å². The van der Waals surface area contributed by atoms with E-state index in [0.29, 0.717) is 21.3 Å². The van der Waals surface area contributed by atoms with Crippen molar-refractivity contribution in [3.8, 4) is 0 Å². The molecule has 0 aromatic heterocycles. The van der Waals surface area contributed by atoms with Gasteiger partial charge in [-0.05, 0) is 37.3 Å². The molecule has 0 fully saturated rings. The van der Waals surface area contributed by atoms with Gasteiger partial charge in [0.1, 0.15) is 5.25 Å². The van der Waals surface area contributed by atoms with Gasteiger partial charge in [0.2, 0.25) is 5.91 Å². The Morgan fingerprint density at radius 1 is 1.24 bits per heavy atom. The molecule has 4 nitrogen and oxygen atoms in total. The van der Waals surface area contributed by atoms with Crippen molar-refractivity contribution in [3.05, 3.63) is 53.6 Å². The van der Waals surface area contributed by atoms with Gasteiger partial charge in [-0.3, -0.25) is 9.00 Å². The molecule has 0 aliphatic heterocycles. The van der Waals surface area contributed by atoms with Crippen molar-refractivity contribution in [2.45, 2.75) is 17.1 Å². The average molecular weight is 323 g/mol. The van der Waals surface area contributed by atoms with Crippen molar-refractivity contribution in [3.63, 3.8) is 0 Å². The van der Waals surface area contributed by atoms with E-state index in [1.54, 1.807) is 49.4 Å². The number of nitrogens with two attached hydrogens (primary N) is 1. The molecule has 0 radical (unpaired) electrons. The van der Waals surface area contributed by atoms with Gasteiger partial charge >= 0.3 is 0 Å². The van der Waals surface area contributed by atoms with Crippen LogP contribution in [0.5, 0.6) is 0 Å². The highest BCUT2D eigenvalue weighted by Gasteiger charge is 2.22. The van der Waals surface area contributed by atoms with E-state index < -0.39 is 16.0 Å². The molecule has 2 aromatic carbocycles. The smallest absolute Gasteiger partial charge is 0.240 e. The van der Waals surface area contributed by atoms with Gasteiger partial charge in [0.25, 0.3) is 0 Å². The maximum atomic E-state index is 12.3. The van der Waals surface area contributed by atoms with E-state index in [1.807, 2.05) is 6.07 Å². The van der Waals surface area contributed by atoms with E-state index in [9.17, 15) is 9.00 Å². The fraction of sp³-hybridized carbons (Fsp3) is 0.133. The number of anilines is 2. The number of nitrogen functional groups attached to an aromatic ring is 1. The Labute approximate surface area is 130 Å². The summed E-state index contributed by atoms with van der Waals surface area (Å²) in [6, 6.07) is 13.7. The molecule has 0 aliphatic rings. The van der Waals surface area contributed by atoms with Gasteiger partial charge < -0.3 is 11.1 Å². The van der Waals surface area contributed by atoms with Crippen molar-refractivity contribution < 1.29 is 9.00 Å². The van der Waals surface area contributed by atoms with Crippen LogP contribution >= 0.6 is 11.6 Å². The Morgan fingerprint density at radius 3 is 2.57 bits per heavy atom. The van der Waals surface area contributed by atoms with Crippen molar-refractivity contribution in [2.24, 2.45) is 0 Å². The SMILES string of the molecule is CC(C(=O)Nc1cc(Cl)ccc1N)S(=O)c1ccccc1. The van der Waals surface area contributed by atoms with Crippen LogP contribution in [0.25, 0.3) is 0 Å². The maximum absolute atomic E-state index is 12.3. The second kappa shape index (κ2) is 6.74. The van der Waals surface area contributed by atoms with Gasteiger partial charge in [0.05, 0.1) is 22.2 Å². The average Bonchev–Trinajstić information content (AvgIpc) is 2.50. The minimum absolute atomic E-state index is 0.369. The van der Waals surface area contributed by atoms with Crippen LogP contribution in [0.2, 0.25) is 5.02 Å². The summed E-state index contributed by atoms with van der Waals surface area (Å²) in [5, 5.41) is 2.43. The molecule has 110 valence electrons. The number of nitrogens with one attached hydrogen (secondary N) is 1. The highest BCUT2D eigenvalue weighted by Crippen LogP contribution is 2.23. The summed E-state index contributed by atoms with van der Waals surface area (Å²) in [6.45, 7) is 1.61. The minimum Gasteiger partial charge on any atom is -0.397 e. The van der Waals surface area contributed by atoms with E-state index in [1.165, 1.54) is 0 Å². The normalized spacial score (nSPS) is 13.4. The summed E-state index contributed by atoms with van der Waals surface area (Å²) in [4.78, 5) is 12.8. The number of carbonyl (C=O) groups excluding carboxylic acids is 1. The lowest BCUT2D eigenvalue weighted by Crippen LogP contribution is -2.29. The molecule has 2 aromatic rings. The van der Waals surface area contributed by atoms with E-state index in [4.69, 9.17) is 17.3 Å². The zero-order valence-corrected chi connectivity index (χ0v) is 12.9. The molecule has 0 heterocycles. The molecular weight excluding hydrogens is 308 g/mol. The Kier molecular flexibility index (Phi) is 4.98. The summed E-state index contributed by atoms with van der Waals surface area (Å²) >= 11 is 5.87. The summed E-state index contributed by atoms with van der Waals surface area (Å²) in [6.07, 6.45) is 0. The van der Waals surface area contributed by atoms with Gasteiger partial charge in [-0.25, -0.2) is 0 Å². The highest BCUT2D eigenvalue weighted by molar-refractivity contribution is 7.86. The number of amides is 1. The second-order valence-electron chi connectivity index (χ2n) is 4.47. The Hall–Kier alpha value is -1.85. The third-order valence-electron chi connectivity index (χ3n) is 2.94. The number of benzene rings is 2. The van der Waals surface area contributed by atoms with Crippen molar-refractivity contribution in [2.75, 3.05) is 11.1 Å². The van der Waals surface area contributed by atoms with E-state index in [0.717, 1.165) is 0 Å². The van der Waals surface area contributed by atoms with Crippen LogP contribution in [0.4, 0.5) is 11.4 Å². The molecule has 2 atom stereocenters. The van der Waals surface area contributed by atoms with Gasteiger partial charge in [0.15, 0.2) is 0 Å². The monoisotopic (exact) mass is 322 g/mol. The van der Waals surface area contributed by atoms with Crippen LogP contribution in [0, 0.1) is 0 Å². The third-order valence-corrected chi connectivity index (χ3v) is 4.77. The highest BCUT2D eigenvalue weighted by atomic mass is 35.5. The molecule has 0 saturated carbocycles. The first-order valence-corrected chi connectivity index (χ1v) is 7.89. The Morgan fingerprint density at radius 2 is 1.90 bits per heavy atom. The van der Waals surface area contributed by atoms with Gasteiger partial charge in [-0.2, -0.15) is 0 Å². The predicted octanol–water partition coefficient (Wildman–Crippen LogP) is 3.06. The second-order valence-corrected chi connectivity index (χ2v) is 6.68. The molecule has 2 rings (SSSR count). The molecular formula is C15H15ClN2O2S. The first-order chi connectivity index (χ1) is 9.99. The molecule has 0 aliphatic carbocycles. The zero-order valence-electron chi connectivity index (χ0n) is 11.4. The van der Waals surface area contributed by atoms with Crippen LogP contribution in [-0.2, 0) is 15.6 Å². The first kappa shape index (κ1) is 15.5. The van der Waals surface area contributed by atoms with Crippen LogP contribution in [0.15, 0.2) is 53.4 Å². The number of carbonyl (C=O) groups is 1. The topological polar surface area (TPSA) is 72.2 Å². The number of hydrogen-bond donors (Lipinski definition) is 2. The van der Waals surface area contributed by atoms with Crippen molar-refractivity contribution in [1.82, 2.24) is 0 Å². The molecule has 0 spiro atoms. The standard InChI is InChI=1S/C15H15ClN2O2S/c1-10(21(20)12-5-3-2-4-6-12)15(19)18-14-9-11(16)7-8-13(14)17/h2-10H,17H2,1H3,(H,18,19). The lowest BCUT2D eigenvalue weighted by atomic mass is 10.2. The molecule has 21 heavy (non-hydrogen) atoms. The van der Waals surface area contributed by atoms with Crippen LogP contribution in [-0.4, -0.2) is 15.4 Å². The van der Waals surface area contributed by atoms with Crippen LogP contribution in [0.3, 0.4) is 0 Å².